The van der Waals surface area contributed by atoms with Crippen LogP contribution in [0.5, 0.6) is 0 Å². The average molecular weight is 411 g/mol. The third-order valence-electron chi connectivity index (χ3n) is 4.78. The van der Waals surface area contributed by atoms with E-state index >= 15 is 0 Å². The van der Waals surface area contributed by atoms with Crippen molar-refractivity contribution in [2.45, 2.75) is 87.5 Å². The summed E-state index contributed by atoms with van der Waals surface area (Å²) in [5.41, 5.74) is 8.28. The highest BCUT2D eigenvalue weighted by Gasteiger charge is 2.03. The van der Waals surface area contributed by atoms with Gasteiger partial charge >= 0.3 is 0 Å². The second kappa shape index (κ2) is 12.9. The van der Waals surface area contributed by atoms with Crippen LogP contribution in [0.4, 0.5) is 0 Å². The first-order valence-corrected chi connectivity index (χ1v) is 11.0. The van der Waals surface area contributed by atoms with Crippen molar-refractivity contribution in [3.8, 4) is 0 Å². The molecule has 3 heterocycles. The van der Waals surface area contributed by atoms with Crippen LogP contribution in [0.3, 0.4) is 0 Å². The number of aromatic nitrogens is 4. The number of fused-ring (bicyclic) bond motifs is 1. The monoisotopic (exact) mass is 410 g/mol. The highest BCUT2D eigenvalue weighted by atomic mass is 16.1. The van der Waals surface area contributed by atoms with Crippen LogP contribution in [0.25, 0.3) is 5.52 Å². The van der Waals surface area contributed by atoms with Gasteiger partial charge in [0.05, 0.1) is 28.8 Å². The minimum Gasteiger partial charge on any atom is -0.300 e. The molecule has 164 valence electrons. The van der Waals surface area contributed by atoms with Gasteiger partial charge in [-0.15, -0.1) is 0 Å². The molecule has 0 saturated carbocycles. The van der Waals surface area contributed by atoms with Crippen molar-refractivity contribution in [2.24, 2.45) is 0 Å². The first-order valence-electron chi connectivity index (χ1n) is 11.0. The molecule has 0 spiro atoms. The van der Waals surface area contributed by atoms with Crippen LogP contribution in [-0.4, -0.2) is 25.4 Å². The lowest BCUT2D eigenvalue weighted by atomic mass is 10.0. The maximum absolute atomic E-state index is 10.0. The van der Waals surface area contributed by atoms with Crippen LogP contribution in [0, 0.1) is 27.7 Å². The molecule has 0 radical (unpaired) electrons. The Labute approximate surface area is 182 Å². The molecule has 0 unspecified atom stereocenters. The number of pyridine rings is 1. The molecule has 3 rings (SSSR count). The number of ketones is 1. The lowest BCUT2D eigenvalue weighted by Crippen LogP contribution is -1.95. The molecule has 0 aliphatic rings. The van der Waals surface area contributed by atoms with Crippen molar-refractivity contribution in [3.63, 3.8) is 0 Å². The summed E-state index contributed by atoms with van der Waals surface area (Å²) in [6, 6.07) is 4.18. The number of rotatable bonds is 5. The topological polar surface area (TPSA) is 60.2 Å². The Bertz CT molecular complexity index is 923. The van der Waals surface area contributed by atoms with E-state index in [2.05, 4.69) is 54.9 Å². The van der Waals surface area contributed by atoms with Gasteiger partial charge in [-0.25, -0.2) is 4.52 Å². The van der Waals surface area contributed by atoms with Gasteiger partial charge in [0.1, 0.15) is 5.78 Å². The third-order valence-corrected chi connectivity index (χ3v) is 4.78. The van der Waals surface area contributed by atoms with Gasteiger partial charge < -0.3 is 4.79 Å². The van der Waals surface area contributed by atoms with Gasteiger partial charge in [0.25, 0.3) is 0 Å². The minimum absolute atomic E-state index is 0.289. The van der Waals surface area contributed by atoms with E-state index in [1.807, 2.05) is 37.7 Å². The van der Waals surface area contributed by atoms with E-state index in [9.17, 15) is 4.79 Å². The Morgan fingerprint density at radius 3 is 2.23 bits per heavy atom. The Morgan fingerprint density at radius 2 is 1.73 bits per heavy atom. The molecular formula is C25H38N4O. The molecule has 0 amide bonds. The normalized spacial score (nSPS) is 10.1. The number of aryl methyl sites for hydroxylation is 5. The summed E-state index contributed by atoms with van der Waals surface area (Å²) < 4.78 is 1.91. The Kier molecular flexibility index (Phi) is 10.9. The zero-order chi connectivity index (χ0) is 22.7. The number of Topliss-reactive ketones (excluding diaryl/α,β-unsaturated/α-hetero) is 1. The molecule has 30 heavy (non-hydrogen) atoms. The molecule has 5 nitrogen and oxygen atoms in total. The second-order valence-corrected chi connectivity index (χ2v) is 7.68. The van der Waals surface area contributed by atoms with E-state index in [0.717, 1.165) is 48.3 Å². The smallest absolute Gasteiger partial charge is 0.129 e. The number of nitrogens with zero attached hydrogens (tertiary/aromatic N) is 4. The lowest BCUT2D eigenvalue weighted by Gasteiger charge is -2.05. The summed E-state index contributed by atoms with van der Waals surface area (Å²) in [4.78, 5) is 18.7. The largest absolute Gasteiger partial charge is 0.300 e. The van der Waals surface area contributed by atoms with Crippen LogP contribution in [0.2, 0.25) is 0 Å². The van der Waals surface area contributed by atoms with Gasteiger partial charge in [-0.05, 0) is 77.1 Å². The summed E-state index contributed by atoms with van der Waals surface area (Å²) in [5, 5.41) is 4.43. The molecule has 0 bridgehead atoms. The predicted octanol–water partition coefficient (Wildman–Crippen LogP) is 5.93. The molecule has 0 aliphatic heterocycles. The zero-order valence-corrected chi connectivity index (χ0v) is 20.0. The van der Waals surface area contributed by atoms with E-state index in [-0.39, 0.29) is 5.78 Å². The van der Waals surface area contributed by atoms with Crippen LogP contribution in [0.1, 0.15) is 80.9 Å². The van der Waals surface area contributed by atoms with Crippen molar-refractivity contribution in [3.05, 3.63) is 58.4 Å². The lowest BCUT2D eigenvalue weighted by molar-refractivity contribution is -0.117. The van der Waals surface area contributed by atoms with Gasteiger partial charge in [-0.1, -0.05) is 27.2 Å². The van der Waals surface area contributed by atoms with E-state index in [1.165, 1.54) is 23.2 Å². The fourth-order valence-corrected chi connectivity index (χ4v) is 3.22. The maximum atomic E-state index is 10.0. The van der Waals surface area contributed by atoms with Crippen LogP contribution in [-0.2, 0) is 17.6 Å². The Balaban J connectivity index is 0.000000242. The molecular weight excluding hydrogens is 372 g/mol. The van der Waals surface area contributed by atoms with E-state index < -0.39 is 0 Å². The van der Waals surface area contributed by atoms with Gasteiger partial charge in [-0.3, -0.25) is 9.97 Å². The number of carbonyl (C=O) groups is 1. The molecule has 0 aromatic carbocycles. The van der Waals surface area contributed by atoms with E-state index in [1.54, 1.807) is 6.92 Å². The van der Waals surface area contributed by atoms with Gasteiger partial charge in [0.15, 0.2) is 0 Å². The van der Waals surface area contributed by atoms with Gasteiger partial charge in [-0.2, -0.15) is 5.10 Å². The van der Waals surface area contributed by atoms with Crippen molar-refractivity contribution >= 4 is 11.3 Å². The summed E-state index contributed by atoms with van der Waals surface area (Å²) in [5.74, 6) is 0.289. The summed E-state index contributed by atoms with van der Waals surface area (Å²) in [7, 11) is 0. The van der Waals surface area contributed by atoms with Crippen LogP contribution >= 0.6 is 0 Å². The SMILES string of the molecule is CCCC(C)=O.CCCc1c(C)ccnc1C.CCc1cc2c(C)nc(C)cn2n1. The first kappa shape index (κ1) is 25.5. The fourth-order valence-electron chi connectivity index (χ4n) is 3.22. The highest BCUT2D eigenvalue weighted by molar-refractivity contribution is 5.75. The Morgan fingerprint density at radius 1 is 1.03 bits per heavy atom. The fraction of sp³-hybridized carbons (Fsp3) is 0.520. The molecule has 0 aliphatic carbocycles. The zero-order valence-electron chi connectivity index (χ0n) is 20.0. The quantitative estimate of drug-likeness (QED) is 0.522. The van der Waals surface area contributed by atoms with Crippen molar-refractivity contribution in [1.82, 2.24) is 19.6 Å². The van der Waals surface area contributed by atoms with Crippen LogP contribution in [0.15, 0.2) is 24.5 Å². The highest BCUT2D eigenvalue weighted by Crippen LogP contribution is 2.12. The average Bonchev–Trinajstić information content (AvgIpc) is 3.09. The molecule has 0 saturated heterocycles. The summed E-state index contributed by atoms with van der Waals surface area (Å²) >= 11 is 0. The van der Waals surface area contributed by atoms with Gasteiger partial charge in [0.2, 0.25) is 0 Å². The minimum atomic E-state index is 0.289. The number of carbonyl (C=O) groups excluding carboxylic acids is 1. The van der Waals surface area contributed by atoms with Gasteiger partial charge in [0, 0.05) is 18.3 Å². The Hall–Kier alpha value is -2.56. The summed E-state index contributed by atoms with van der Waals surface area (Å²) in [6.07, 6.45) is 8.89. The van der Waals surface area contributed by atoms with Crippen LogP contribution < -0.4 is 0 Å². The standard InChI is InChI=1S/C10H13N3.C10H15N.C5H10O/c1-4-9-5-10-8(3)11-7(2)6-13(10)12-9;1-4-5-10-8(2)6-7-11-9(10)3;1-3-4-5(2)6/h5-6H,4H2,1-3H3;6-7H,4-5H2,1-3H3;3-4H2,1-2H3. The number of hydrogen-bond acceptors (Lipinski definition) is 4. The van der Waals surface area contributed by atoms with E-state index in [0.29, 0.717) is 0 Å². The molecule has 0 fully saturated rings. The van der Waals surface area contributed by atoms with Crippen molar-refractivity contribution in [2.75, 3.05) is 0 Å². The second-order valence-electron chi connectivity index (χ2n) is 7.68. The molecule has 0 atom stereocenters. The number of hydrogen-bond donors (Lipinski definition) is 0. The molecule has 3 aromatic rings. The van der Waals surface area contributed by atoms with Crippen molar-refractivity contribution in [1.29, 1.82) is 0 Å². The predicted molar refractivity (Wildman–Crippen MR) is 125 cm³/mol. The summed E-state index contributed by atoms with van der Waals surface area (Å²) in [6.45, 7) is 16.2. The molecule has 5 heteroatoms. The molecule has 0 N–H and O–H groups in total. The van der Waals surface area contributed by atoms with E-state index in [4.69, 9.17) is 0 Å². The molecule has 3 aromatic heterocycles. The first-order chi connectivity index (χ1) is 14.2. The maximum Gasteiger partial charge on any atom is 0.129 e. The van der Waals surface area contributed by atoms with Crippen molar-refractivity contribution < 1.29 is 4.79 Å². The third kappa shape index (κ3) is 8.05.